The molecule has 2 aromatic rings. The Morgan fingerprint density at radius 1 is 1.00 bits per heavy atom. The molecule has 1 fully saturated rings. The zero-order valence-electron chi connectivity index (χ0n) is 14.3. The van der Waals surface area contributed by atoms with E-state index in [0.29, 0.717) is 25.9 Å². The number of amides is 1. The Bertz CT molecular complexity index is 715. The molecule has 25 heavy (non-hydrogen) atoms. The van der Waals surface area contributed by atoms with Crippen molar-refractivity contribution >= 4 is 5.91 Å². The van der Waals surface area contributed by atoms with Crippen molar-refractivity contribution in [3.8, 4) is 0 Å². The lowest BCUT2D eigenvalue weighted by Gasteiger charge is -2.39. The van der Waals surface area contributed by atoms with Crippen molar-refractivity contribution in [1.82, 2.24) is 9.80 Å². The van der Waals surface area contributed by atoms with E-state index in [2.05, 4.69) is 4.90 Å². The zero-order chi connectivity index (χ0) is 17.8. The smallest absolute Gasteiger partial charge is 0.223 e. The van der Waals surface area contributed by atoms with Gasteiger partial charge in [-0.25, -0.2) is 8.78 Å². The highest BCUT2D eigenvalue weighted by Gasteiger charge is 2.28. The van der Waals surface area contributed by atoms with Gasteiger partial charge in [-0.2, -0.15) is 0 Å². The van der Waals surface area contributed by atoms with Crippen LogP contribution in [0.4, 0.5) is 8.78 Å². The summed E-state index contributed by atoms with van der Waals surface area (Å²) in [6.45, 7) is 2.07. The first-order chi connectivity index (χ1) is 12.0. The monoisotopic (exact) mass is 344 g/mol. The van der Waals surface area contributed by atoms with Crippen molar-refractivity contribution in [3.05, 3.63) is 71.3 Å². The molecule has 0 spiro atoms. The summed E-state index contributed by atoms with van der Waals surface area (Å²) in [6.07, 6.45) is 1.01. The lowest BCUT2D eigenvalue weighted by Crippen LogP contribution is -2.49. The highest BCUT2D eigenvalue weighted by atomic mass is 19.1. The summed E-state index contributed by atoms with van der Waals surface area (Å²) in [5.41, 5.74) is 1.97. The van der Waals surface area contributed by atoms with Crippen LogP contribution in [-0.2, 0) is 11.2 Å². The number of hydrogen-bond donors (Lipinski definition) is 0. The fourth-order valence-corrected chi connectivity index (χ4v) is 3.21. The average molecular weight is 344 g/mol. The molecule has 0 saturated carbocycles. The van der Waals surface area contributed by atoms with Crippen LogP contribution in [0.25, 0.3) is 0 Å². The van der Waals surface area contributed by atoms with Gasteiger partial charge in [0.25, 0.3) is 0 Å². The highest BCUT2D eigenvalue weighted by Crippen LogP contribution is 2.24. The first-order valence-corrected chi connectivity index (χ1v) is 8.51. The van der Waals surface area contributed by atoms with Crippen LogP contribution in [0, 0.1) is 11.6 Å². The minimum Gasteiger partial charge on any atom is -0.339 e. The summed E-state index contributed by atoms with van der Waals surface area (Å²) in [5.74, 6) is -0.421. The van der Waals surface area contributed by atoms with Crippen LogP contribution in [0.1, 0.15) is 23.6 Å². The highest BCUT2D eigenvalue weighted by molar-refractivity contribution is 5.76. The largest absolute Gasteiger partial charge is 0.339 e. The molecule has 1 saturated heterocycles. The lowest BCUT2D eigenvalue weighted by molar-refractivity contribution is -0.134. The molecule has 1 unspecified atom stereocenters. The Labute approximate surface area is 146 Å². The standard InChI is InChI=1S/C20H22F2N2O/c1-23-12-13-24(14-19(23)16-5-9-18(22)10-6-16)20(25)11-4-15-2-7-17(21)8-3-15/h2-3,5-10,19H,4,11-14H2,1H3. The van der Waals surface area contributed by atoms with Gasteiger partial charge in [-0.1, -0.05) is 24.3 Å². The molecular formula is C20H22F2N2O. The maximum Gasteiger partial charge on any atom is 0.223 e. The average Bonchev–Trinajstić information content (AvgIpc) is 2.62. The molecule has 3 nitrogen and oxygen atoms in total. The minimum atomic E-state index is -0.267. The molecular weight excluding hydrogens is 322 g/mol. The van der Waals surface area contributed by atoms with Crippen LogP contribution < -0.4 is 0 Å². The van der Waals surface area contributed by atoms with Gasteiger partial charge in [0, 0.05) is 26.1 Å². The second-order valence-corrected chi connectivity index (χ2v) is 6.51. The summed E-state index contributed by atoms with van der Waals surface area (Å²) >= 11 is 0. The van der Waals surface area contributed by atoms with E-state index in [0.717, 1.165) is 17.7 Å². The van der Waals surface area contributed by atoms with Crippen LogP contribution >= 0.6 is 0 Å². The molecule has 132 valence electrons. The van der Waals surface area contributed by atoms with E-state index in [9.17, 15) is 13.6 Å². The van der Waals surface area contributed by atoms with E-state index in [4.69, 9.17) is 0 Å². The summed E-state index contributed by atoms with van der Waals surface area (Å²) < 4.78 is 26.1. The van der Waals surface area contributed by atoms with Gasteiger partial charge in [-0.05, 0) is 48.9 Å². The molecule has 2 aromatic carbocycles. The molecule has 5 heteroatoms. The quantitative estimate of drug-likeness (QED) is 0.849. The number of rotatable bonds is 4. The van der Waals surface area contributed by atoms with Crippen molar-refractivity contribution in [2.24, 2.45) is 0 Å². The molecule has 1 aliphatic heterocycles. The van der Waals surface area contributed by atoms with E-state index in [1.807, 2.05) is 11.9 Å². The number of aryl methyl sites for hydroxylation is 1. The zero-order valence-corrected chi connectivity index (χ0v) is 14.3. The first-order valence-electron chi connectivity index (χ1n) is 8.51. The van der Waals surface area contributed by atoms with Gasteiger partial charge in [0.2, 0.25) is 5.91 Å². The summed E-state index contributed by atoms with van der Waals surface area (Å²) in [4.78, 5) is 16.6. The van der Waals surface area contributed by atoms with E-state index in [1.54, 1.807) is 24.3 Å². The van der Waals surface area contributed by atoms with Crippen LogP contribution in [0.5, 0.6) is 0 Å². The molecule has 1 amide bonds. The predicted octanol–water partition coefficient (Wildman–Crippen LogP) is 3.41. The van der Waals surface area contributed by atoms with E-state index < -0.39 is 0 Å². The maximum absolute atomic E-state index is 13.1. The van der Waals surface area contributed by atoms with Gasteiger partial charge in [-0.15, -0.1) is 0 Å². The van der Waals surface area contributed by atoms with Crippen molar-refractivity contribution in [2.75, 3.05) is 26.7 Å². The molecule has 0 N–H and O–H groups in total. The predicted molar refractivity (Wildman–Crippen MR) is 93.1 cm³/mol. The van der Waals surface area contributed by atoms with E-state index >= 15 is 0 Å². The molecule has 0 bridgehead atoms. The minimum absolute atomic E-state index is 0.0733. The molecule has 1 heterocycles. The molecule has 3 rings (SSSR count). The van der Waals surface area contributed by atoms with Gasteiger partial charge in [0.1, 0.15) is 11.6 Å². The normalized spacial score (nSPS) is 18.4. The molecule has 0 aliphatic carbocycles. The topological polar surface area (TPSA) is 23.6 Å². The van der Waals surface area contributed by atoms with Crippen molar-refractivity contribution in [1.29, 1.82) is 0 Å². The Morgan fingerprint density at radius 2 is 1.60 bits per heavy atom. The van der Waals surface area contributed by atoms with Crippen molar-refractivity contribution in [3.63, 3.8) is 0 Å². The number of carbonyl (C=O) groups is 1. The van der Waals surface area contributed by atoms with E-state index in [-0.39, 0.29) is 23.6 Å². The Kier molecular flexibility index (Phi) is 5.43. The van der Waals surface area contributed by atoms with Crippen LogP contribution in [0.15, 0.2) is 48.5 Å². The summed E-state index contributed by atoms with van der Waals surface area (Å²) in [6, 6.07) is 12.8. The fourth-order valence-electron chi connectivity index (χ4n) is 3.21. The van der Waals surface area contributed by atoms with Gasteiger partial charge >= 0.3 is 0 Å². The first kappa shape index (κ1) is 17.5. The van der Waals surface area contributed by atoms with Crippen molar-refractivity contribution < 1.29 is 13.6 Å². The van der Waals surface area contributed by atoms with Crippen molar-refractivity contribution in [2.45, 2.75) is 18.9 Å². The third kappa shape index (κ3) is 4.42. The number of carbonyl (C=O) groups excluding carboxylic acids is 1. The Balaban J connectivity index is 1.61. The van der Waals surface area contributed by atoms with Gasteiger partial charge < -0.3 is 4.90 Å². The van der Waals surface area contributed by atoms with Crippen LogP contribution in [0.3, 0.4) is 0 Å². The summed E-state index contributed by atoms with van der Waals surface area (Å²) in [7, 11) is 2.02. The number of hydrogen-bond acceptors (Lipinski definition) is 2. The molecule has 0 aromatic heterocycles. The lowest BCUT2D eigenvalue weighted by atomic mass is 10.0. The Hall–Kier alpha value is -2.27. The van der Waals surface area contributed by atoms with Gasteiger partial charge in [0.15, 0.2) is 0 Å². The number of benzene rings is 2. The molecule has 1 aliphatic rings. The fraction of sp³-hybridized carbons (Fsp3) is 0.350. The number of nitrogens with zero attached hydrogens (tertiary/aromatic N) is 2. The Morgan fingerprint density at radius 3 is 2.24 bits per heavy atom. The summed E-state index contributed by atoms with van der Waals surface area (Å²) in [5, 5.41) is 0. The third-order valence-corrected chi connectivity index (χ3v) is 4.80. The number of piperazine rings is 1. The maximum atomic E-state index is 13.1. The SMILES string of the molecule is CN1CCN(C(=O)CCc2ccc(F)cc2)CC1c1ccc(F)cc1. The second kappa shape index (κ2) is 7.74. The molecule has 1 atom stereocenters. The second-order valence-electron chi connectivity index (χ2n) is 6.51. The van der Waals surface area contributed by atoms with Crippen LogP contribution in [-0.4, -0.2) is 42.4 Å². The molecule has 0 radical (unpaired) electrons. The van der Waals surface area contributed by atoms with Gasteiger partial charge in [-0.3, -0.25) is 9.69 Å². The van der Waals surface area contributed by atoms with E-state index in [1.165, 1.54) is 24.3 Å². The van der Waals surface area contributed by atoms with Gasteiger partial charge in [0.05, 0.1) is 6.04 Å². The third-order valence-electron chi connectivity index (χ3n) is 4.80. The number of likely N-dealkylation sites (N-methyl/N-ethyl adjacent to an activating group) is 1. The number of halogens is 2. The van der Waals surface area contributed by atoms with Crippen LogP contribution in [0.2, 0.25) is 0 Å².